The first-order valence-corrected chi connectivity index (χ1v) is 8.23. The van der Waals surface area contributed by atoms with E-state index >= 15 is 0 Å². The maximum atomic E-state index is 12.5. The minimum Gasteiger partial charge on any atom is -0.375 e. The fraction of sp³-hybridized carbons (Fsp3) is 0.333. The Bertz CT molecular complexity index is 885. The molecule has 0 spiro atoms. The van der Waals surface area contributed by atoms with Gasteiger partial charge in [-0.05, 0) is 24.6 Å². The zero-order chi connectivity index (χ0) is 16.0. The molecule has 0 bridgehead atoms. The Morgan fingerprint density at radius 3 is 3.00 bits per heavy atom. The predicted octanol–water partition coefficient (Wildman–Crippen LogP) is 1.64. The van der Waals surface area contributed by atoms with Gasteiger partial charge in [0.15, 0.2) is 10.8 Å². The molecule has 0 aliphatic carbocycles. The van der Waals surface area contributed by atoms with Gasteiger partial charge in [0.2, 0.25) is 0 Å². The first-order chi connectivity index (χ1) is 11.1. The molecule has 8 heteroatoms. The Hall–Kier alpha value is -2.48. The van der Waals surface area contributed by atoms with Crippen LogP contribution in [0.4, 0.5) is 5.13 Å². The standard InChI is InChI=1S/C15H16N6OS/c1-20-6-5-11(19-20)14(22)21-7-4-9(8-21)10-2-3-12-13(17-10)18-15(16)23-12/h2-3,5-6,9H,4,7-8H2,1H3,(H2,16,17,18)/t9-/m1/s1. The van der Waals surface area contributed by atoms with Gasteiger partial charge < -0.3 is 10.6 Å². The molecule has 0 aromatic carbocycles. The summed E-state index contributed by atoms with van der Waals surface area (Å²) in [6, 6.07) is 5.77. The summed E-state index contributed by atoms with van der Waals surface area (Å²) >= 11 is 1.44. The molecule has 1 amide bonds. The van der Waals surface area contributed by atoms with Gasteiger partial charge in [-0.3, -0.25) is 9.48 Å². The summed E-state index contributed by atoms with van der Waals surface area (Å²) in [4.78, 5) is 23.1. The van der Waals surface area contributed by atoms with E-state index in [2.05, 4.69) is 15.1 Å². The second kappa shape index (κ2) is 5.31. The summed E-state index contributed by atoms with van der Waals surface area (Å²) in [7, 11) is 1.81. The Morgan fingerprint density at radius 2 is 2.22 bits per heavy atom. The first kappa shape index (κ1) is 14.1. The molecule has 1 saturated heterocycles. The van der Waals surface area contributed by atoms with Gasteiger partial charge in [-0.15, -0.1) is 0 Å². The summed E-state index contributed by atoms with van der Waals surface area (Å²) in [5.74, 6) is 0.210. The normalized spacial score (nSPS) is 18.0. The van der Waals surface area contributed by atoms with E-state index in [0.717, 1.165) is 23.4 Å². The van der Waals surface area contributed by atoms with Crippen LogP contribution in [0.1, 0.15) is 28.5 Å². The van der Waals surface area contributed by atoms with Crippen molar-refractivity contribution in [2.45, 2.75) is 12.3 Å². The van der Waals surface area contributed by atoms with Gasteiger partial charge in [-0.25, -0.2) is 9.97 Å². The van der Waals surface area contributed by atoms with Crippen molar-refractivity contribution in [1.82, 2.24) is 24.6 Å². The monoisotopic (exact) mass is 328 g/mol. The number of aromatic nitrogens is 4. The number of anilines is 1. The third-order valence-electron chi connectivity index (χ3n) is 4.12. The van der Waals surface area contributed by atoms with E-state index < -0.39 is 0 Å². The van der Waals surface area contributed by atoms with Crippen LogP contribution in [0, 0.1) is 0 Å². The number of hydrogen-bond acceptors (Lipinski definition) is 6. The fourth-order valence-electron chi connectivity index (χ4n) is 2.95. The van der Waals surface area contributed by atoms with Gasteiger partial charge in [0.25, 0.3) is 5.91 Å². The number of nitrogens with zero attached hydrogens (tertiary/aromatic N) is 5. The molecule has 1 fully saturated rings. The Morgan fingerprint density at radius 1 is 1.35 bits per heavy atom. The van der Waals surface area contributed by atoms with Gasteiger partial charge in [-0.2, -0.15) is 5.10 Å². The average Bonchev–Trinajstić information content (AvgIpc) is 3.23. The van der Waals surface area contributed by atoms with Crippen molar-refractivity contribution in [1.29, 1.82) is 0 Å². The van der Waals surface area contributed by atoms with Crippen molar-refractivity contribution in [3.8, 4) is 0 Å². The number of nitrogen functional groups attached to an aromatic ring is 1. The maximum Gasteiger partial charge on any atom is 0.274 e. The van der Waals surface area contributed by atoms with E-state index in [4.69, 9.17) is 5.73 Å². The maximum absolute atomic E-state index is 12.5. The molecule has 4 rings (SSSR count). The van der Waals surface area contributed by atoms with E-state index in [1.165, 1.54) is 11.3 Å². The molecule has 7 nitrogen and oxygen atoms in total. The van der Waals surface area contributed by atoms with Crippen LogP contribution < -0.4 is 5.73 Å². The predicted molar refractivity (Wildman–Crippen MR) is 88.3 cm³/mol. The molecule has 1 aliphatic heterocycles. The van der Waals surface area contributed by atoms with Crippen molar-refractivity contribution in [2.24, 2.45) is 7.05 Å². The molecular weight excluding hydrogens is 312 g/mol. The Kier molecular flexibility index (Phi) is 3.26. The van der Waals surface area contributed by atoms with E-state index in [1.54, 1.807) is 16.9 Å². The quantitative estimate of drug-likeness (QED) is 0.772. The molecule has 3 aromatic heterocycles. The minimum atomic E-state index is -0.0212. The summed E-state index contributed by atoms with van der Waals surface area (Å²) in [6.45, 7) is 1.38. The number of aryl methyl sites for hydroxylation is 1. The molecule has 1 atom stereocenters. The van der Waals surface area contributed by atoms with Crippen molar-refractivity contribution in [3.63, 3.8) is 0 Å². The van der Waals surface area contributed by atoms with Gasteiger partial charge in [0.05, 0.1) is 4.70 Å². The minimum absolute atomic E-state index is 0.0212. The van der Waals surface area contributed by atoms with Gasteiger partial charge in [-0.1, -0.05) is 11.3 Å². The van der Waals surface area contributed by atoms with Crippen LogP contribution in [0.5, 0.6) is 0 Å². The van der Waals surface area contributed by atoms with Crippen molar-refractivity contribution >= 4 is 32.7 Å². The number of carbonyl (C=O) groups is 1. The lowest BCUT2D eigenvalue weighted by molar-refractivity contribution is 0.0784. The Balaban J connectivity index is 1.53. The highest BCUT2D eigenvalue weighted by molar-refractivity contribution is 7.21. The zero-order valence-corrected chi connectivity index (χ0v) is 13.5. The summed E-state index contributed by atoms with van der Waals surface area (Å²) in [5, 5.41) is 4.71. The second-order valence-corrected chi connectivity index (χ2v) is 6.78. The van der Waals surface area contributed by atoms with Crippen molar-refractivity contribution in [2.75, 3.05) is 18.8 Å². The lowest BCUT2D eigenvalue weighted by atomic mass is 10.0. The lowest BCUT2D eigenvalue weighted by Crippen LogP contribution is -2.29. The van der Waals surface area contributed by atoms with E-state index in [-0.39, 0.29) is 11.8 Å². The summed E-state index contributed by atoms with van der Waals surface area (Å²) < 4.78 is 2.63. The highest BCUT2D eigenvalue weighted by Gasteiger charge is 2.30. The third-order valence-corrected chi connectivity index (χ3v) is 4.96. The molecule has 118 valence electrons. The second-order valence-electron chi connectivity index (χ2n) is 5.72. The fourth-order valence-corrected chi connectivity index (χ4v) is 3.63. The molecule has 0 radical (unpaired) electrons. The summed E-state index contributed by atoms with van der Waals surface area (Å²) in [5.41, 5.74) is 7.88. The molecule has 3 aromatic rings. The average molecular weight is 328 g/mol. The SMILES string of the molecule is Cn1ccc(C(=O)N2CC[C@@H](c3ccc4sc(N)nc4n3)C2)n1. The molecule has 4 heterocycles. The van der Waals surface area contributed by atoms with Gasteiger partial charge >= 0.3 is 0 Å². The van der Waals surface area contributed by atoms with Crippen LogP contribution in [0.2, 0.25) is 0 Å². The molecule has 0 saturated carbocycles. The molecule has 1 aliphatic rings. The van der Waals surface area contributed by atoms with Crippen LogP contribution in [0.15, 0.2) is 24.4 Å². The number of hydrogen-bond donors (Lipinski definition) is 1. The number of rotatable bonds is 2. The molecule has 2 N–H and O–H groups in total. The zero-order valence-electron chi connectivity index (χ0n) is 12.6. The van der Waals surface area contributed by atoms with Gasteiger partial charge in [0, 0.05) is 37.9 Å². The number of amides is 1. The van der Waals surface area contributed by atoms with Crippen molar-refractivity contribution < 1.29 is 4.79 Å². The van der Waals surface area contributed by atoms with E-state index in [9.17, 15) is 4.79 Å². The van der Waals surface area contributed by atoms with Crippen molar-refractivity contribution in [3.05, 3.63) is 35.8 Å². The lowest BCUT2D eigenvalue weighted by Gasteiger charge is -2.15. The topological polar surface area (TPSA) is 89.9 Å². The van der Waals surface area contributed by atoms with Gasteiger partial charge in [0.1, 0.15) is 5.69 Å². The summed E-state index contributed by atoms with van der Waals surface area (Å²) in [6.07, 6.45) is 2.68. The highest BCUT2D eigenvalue weighted by atomic mass is 32.1. The van der Waals surface area contributed by atoms with Crippen LogP contribution in [0.25, 0.3) is 10.3 Å². The Labute approximate surface area is 136 Å². The number of nitrogens with two attached hydrogens (primary N) is 1. The molecular formula is C15H16N6OS. The highest BCUT2D eigenvalue weighted by Crippen LogP contribution is 2.29. The smallest absolute Gasteiger partial charge is 0.274 e. The first-order valence-electron chi connectivity index (χ1n) is 7.42. The number of fused-ring (bicyclic) bond motifs is 1. The molecule has 23 heavy (non-hydrogen) atoms. The van der Waals surface area contributed by atoms with Crippen LogP contribution in [0.3, 0.4) is 0 Å². The van der Waals surface area contributed by atoms with Crippen LogP contribution in [-0.4, -0.2) is 43.6 Å². The number of likely N-dealkylation sites (tertiary alicyclic amines) is 1. The molecule has 0 unspecified atom stereocenters. The van der Waals surface area contributed by atoms with Crippen LogP contribution in [-0.2, 0) is 7.05 Å². The van der Waals surface area contributed by atoms with Crippen LogP contribution >= 0.6 is 11.3 Å². The number of thiazole rings is 1. The number of pyridine rings is 1. The largest absolute Gasteiger partial charge is 0.375 e. The number of carbonyl (C=O) groups excluding carboxylic acids is 1. The third kappa shape index (κ3) is 2.55. The van der Waals surface area contributed by atoms with E-state index in [1.807, 2.05) is 24.1 Å². The van der Waals surface area contributed by atoms with E-state index in [0.29, 0.717) is 23.0 Å².